The van der Waals surface area contributed by atoms with E-state index in [0.717, 1.165) is 12.1 Å². The van der Waals surface area contributed by atoms with Gasteiger partial charge in [-0.05, 0) is 30.3 Å². The van der Waals surface area contributed by atoms with Crippen LogP contribution in [0.3, 0.4) is 0 Å². The predicted molar refractivity (Wildman–Crippen MR) is 92.3 cm³/mol. The number of nitrogens with zero attached hydrogens (tertiary/aromatic N) is 1. The van der Waals surface area contributed by atoms with Crippen molar-refractivity contribution >= 4 is 17.4 Å². The van der Waals surface area contributed by atoms with E-state index in [0.29, 0.717) is 23.1 Å². The highest BCUT2D eigenvalue weighted by molar-refractivity contribution is 6.04. The average molecular weight is 357 g/mol. The van der Waals surface area contributed by atoms with Crippen molar-refractivity contribution in [1.82, 2.24) is 4.98 Å². The summed E-state index contributed by atoms with van der Waals surface area (Å²) in [5, 5.41) is 5.44. The zero-order valence-corrected chi connectivity index (χ0v) is 13.5. The Balaban J connectivity index is 1.62. The fourth-order valence-corrected chi connectivity index (χ4v) is 2.27. The van der Waals surface area contributed by atoms with E-state index >= 15 is 0 Å². The molecule has 3 rings (SSSR count). The molecule has 0 atom stereocenters. The molecule has 0 unspecified atom stereocenters. The number of nitrogens with one attached hydrogen (secondary N) is 2. The third-order valence-corrected chi connectivity index (χ3v) is 3.61. The monoisotopic (exact) mass is 357 g/mol. The molecule has 0 radical (unpaired) electrons. The number of aromatic nitrogens is 1. The quantitative estimate of drug-likeness (QED) is 0.713. The third-order valence-electron chi connectivity index (χ3n) is 3.61. The van der Waals surface area contributed by atoms with Gasteiger partial charge in [0.1, 0.15) is 23.3 Å². The standard InChI is InChI=1S/C19H14F3N3O/c20-13-5-7-15(17(22)9-13)19(26)25-14-6-8-18(24-11-14)23-10-12-3-1-2-4-16(12)21/h1-9,11H,10H2,(H,23,24)(H,25,26). The van der Waals surface area contributed by atoms with Crippen LogP contribution in [0.1, 0.15) is 15.9 Å². The lowest BCUT2D eigenvalue weighted by molar-refractivity contribution is 0.102. The molecule has 2 N–H and O–H groups in total. The van der Waals surface area contributed by atoms with Crippen LogP contribution >= 0.6 is 0 Å². The number of benzene rings is 2. The minimum absolute atomic E-state index is 0.256. The Morgan fingerprint density at radius 3 is 2.46 bits per heavy atom. The molecule has 3 aromatic rings. The Morgan fingerprint density at radius 2 is 1.77 bits per heavy atom. The second kappa shape index (κ2) is 7.69. The van der Waals surface area contributed by atoms with Crippen molar-refractivity contribution in [3.8, 4) is 0 Å². The molecule has 0 spiro atoms. The second-order valence-corrected chi connectivity index (χ2v) is 5.46. The van der Waals surface area contributed by atoms with Gasteiger partial charge in [-0.3, -0.25) is 4.79 Å². The Kier molecular flexibility index (Phi) is 5.17. The van der Waals surface area contributed by atoms with Crippen LogP contribution in [-0.2, 0) is 6.54 Å². The van der Waals surface area contributed by atoms with Crippen molar-refractivity contribution in [2.24, 2.45) is 0 Å². The molecule has 0 aliphatic rings. The molecule has 0 saturated carbocycles. The summed E-state index contributed by atoms with van der Waals surface area (Å²) < 4.78 is 40.1. The predicted octanol–water partition coefficient (Wildman–Crippen LogP) is 4.36. The fraction of sp³-hybridized carbons (Fsp3) is 0.0526. The molecular formula is C19H14F3N3O. The smallest absolute Gasteiger partial charge is 0.258 e. The van der Waals surface area contributed by atoms with Gasteiger partial charge in [0.15, 0.2) is 0 Å². The molecule has 2 aromatic carbocycles. The maximum Gasteiger partial charge on any atom is 0.258 e. The number of anilines is 2. The van der Waals surface area contributed by atoms with Crippen molar-refractivity contribution in [2.75, 3.05) is 10.6 Å². The Hall–Kier alpha value is -3.35. The zero-order chi connectivity index (χ0) is 18.5. The SMILES string of the molecule is O=C(Nc1ccc(NCc2ccccc2F)nc1)c1ccc(F)cc1F. The van der Waals surface area contributed by atoms with Crippen molar-refractivity contribution in [1.29, 1.82) is 0 Å². The Morgan fingerprint density at radius 1 is 0.962 bits per heavy atom. The van der Waals surface area contributed by atoms with E-state index in [1.807, 2.05) is 0 Å². The number of carbonyl (C=O) groups excluding carboxylic acids is 1. The van der Waals surface area contributed by atoms with Gasteiger partial charge in [-0.1, -0.05) is 18.2 Å². The minimum Gasteiger partial charge on any atom is -0.366 e. The summed E-state index contributed by atoms with van der Waals surface area (Å²) in [4.78, 5) is 16.1. The van der Waals surface area contributed by atoms with Gasteiger partial charge in [-0.15, -0.1) is 0 Å². The molecule has 0 saturated heterocycles. The summed E-state index contributed by atoms with van der Waals surface area (Å²) in [6, 6.07) is 12.3. The van der Waals surface area contributed by atoms with Gasteiger partial charge < -0.3 is 10.6 Å². The maximum atomic E-state index is 13.6. The van der Waals surface area contributed by atoms with E-state index < -0.39 is 17.5 Å². The minimum atomic E-state index is -0.946. The summed E-state index contributed by atoms with van der Waals surface area (Å²) >= 11 is 0. The van der Waals surface area contributed by atoms with Crippen LogP contribution in [0.15, 0.2) is 60.8 Å². The fourth-order valence-electron chi connectivity index (χ4n) is 2.27. The third kappa shape index (κ3) is 4.18. The lowest BCUT2D eigenvalue weighted by Gasteiger charge is -2.09. The molecule has 0 aliphatic heterocycles. The summed E-state index contributed by atoms with van der Waals surface area (Å²) in [7, 11) is 0. The van der Waals surface area contributed by atoms with Crippen LogP contribution in [0.4, 0.5) is 24.7 Å². The lowest BCUT2D eigenvalue weighted by Crippen LogP contribution is -2.14. The first-order chi connectivity index (χ1) is 12.5. The molecule has 1 amide bonds. The van der Waals surface area contributed by atoms with Gasteiger partial charge in [0.05, 0.1) is 17.4 Å². The van der Waals surface area contributed by atoms with Gasteiger partial charge in [-0.25, -0.2) is 18.2 Å². The van der Waals surface area contributed by atoms with Crippen molar-refractivity contribution < 1.29 is 18.0 Å². The van der Waals surface area contributed by atoms with E-state index in [1.54, 1.807) is 30.3 Å². The van der Waals surface area contributed by atoms with Crippen molar-refractivity contribution in [3.05, 3.63) is 89.4 Å². The van der Waals surface area contributed by atoms with Gasteiger partial charge in [0.2, 0.25) is 0 Å². The molecule has 0 fully saturated rings. The number of pyridine rings is 1. The average Bonchev–Trinajstić information content (AvgIpc) is 2.62. The Bertz CT molecular complexity index is 930. The van der Waals surface area contributed by atoms with Crippen molar-refractivity contribution in [3.63, 3.8) is 0 Å². The first-order valence-electron chi connectivity index (χ1n) is 7.72. The van der Waals surface area contributed by atoms with Gasteiger partial charge in [0, 0.05) is 18.2 Å². The van der Waals surface area contributed by atoms with Crippen LogP contribution in [-0.4, -0.2) is 10.9 Å². The van der Waals surface area contributed by atoms with Crippen LogP contribution in [0.2, 0.25) is 0 Å². The Labute approximate surface area is 147 Å². The molecule has 132 valence electrons. The molecular weight excluding hydrogens is 343 g/mol. The first kappa shape index (κ1) is 17.5. The van der Waals surface area contributed by atoms with Gasteiger partial charge in [0.25, 0.3) is 5.91 Å². The van der Waals surface area contributed by atoms with E-state index in [1.165, 1.54) is 12.3 Å². The molecule has 0 aliphatic carbocycles. The largest absolute Gasteiger partial charge is 0.366 e. The van der Waals surface area contributed by atoms with Crippen LogP contribution in [0.25, 0.3) is 0 Å². The molecule has 1 aromatic heterocycles. The molecule has 26 heavy (non-hydrogen) atoms. The normalized spacial score (nSPS) is 10.4. The van der Waals surface area contributed by atoms with Crippen molar-refractivity contribution in [2.45, 2.75) is 6.54 Å². The number of halogens is 3. The first-order valence-corrected chi connectivity index (χ1v) is 7.72. The zero-order valence-electron chi connectivity index (χ0n) is 13.5. The molecule has 0 bridgehead atoms. The van der Waals surface area contributed by atoms with Crippen LogP contribution in [0, 0.1) is 17.5 Å². The maximum absolute atomic E-state index is 13.6. The topological polar surface area (TPSA) is 54.0 Å². The summed E-state index contributed by atoms with van der Waals surface area (Å²) in [5.41, 5.74) is 0.571. The number of hydrogen-bond acceptors (Lipinski definition) is 3. The number of carbonyl (C=O) groups is 1. The number of rotatable bonds is 5. The van der Waals surface area contributed by atoms with E-state index in [-0.39, 0.29) is 17.9 Å². The van der Waals surface area contributed by atoms with Crippen LogP contribution < -0.4 is 10.6 Å². The molecule has 7 heteroatoms. The summed E-state index contributed by atoms with van der Waals surface area (Å²) in [6.45, 7) is 0.256. The summed E-state index contributed by atoms with van der Waals surface area (Å²) in [5.74, 6) is -2.24. The second-order valence-electron chi connectivity index (χ2n) is 5.46. The van der Waals surface area contributed by atoms with Gasteiger partial charge in [-0.2, -0.15) is 0 Å². The van der Waals surface area contributed by atoms with Crippen LogP contribution in [0.5, 0.6) is 0 Å². The van der Waals surface area contributed by atoms with E-state index in [4.69, 9.17) is 0 Å². The number of hydrogen-bond donors (Lipinski definition) is 2. The highest BCUT2D eigenvalue weighted by Crippen LogP contribution is 2.15. The molecule has 4 nitrogen and oxygen atoms in total. The molecule has 1 heterocycles. The van der Waals surface area contributed by atoms with E-state index in [9.17, 15) is 18.0 Å². The highest BCUT2D eigenvalue weighted by atomic mass is 19.1. The highest BCUT2D eigenvalue weighted by Gasteiger charge is 2.12. The van der Waals surface area contributed by atoms with Gasteiger partial charge >= 0.3 is 0 Å². The summed E-state index contributed by atoms with van der Waals surface area (Å²) in [6.07, 6.45) is 1.38. The lowest BCUT2D eigenvalue weighted by atomic mass is 10.2. The van der Waals surface area contributed by atoms with E-state index in [2.05, 4.69) is 15.6 Å². The number of amides is 1.